The molecule has 0 saturated carbocycles. The summed E-state index contributed by atoms with van der Waals surface area (Å²) in [6.07, 6.45) is 1.24. The van der Waals surface area contributed by atoms with E-state index in [1.54, 1.807) is 20.9 Å². The van der Waals surface area contributed by atoms with Gasteiger partial charge in [0.05, 0.1) is 5.75 Å². The molecule has 0 aromatic rings. The Balaban J connectivity index is 2.56. The van der Waals surface area contributed by atoms with Crippen LogP contribution in [0, 0.1) is 0 Å². The summed E-state index contributed by atoms with van der Waals surface area (Å²) in [5, 5.41) is 0. The molecular weight excluding hydrogens is 242 g/mol. The first-order valence-electron chi connectivity index (χ1n) is 5.96. The standard InChI is InChI=1S/C11H21NO4S/c1-4-17(14,15)8-9(2)12(3)11(13)10-6-5-7-16-10/h9-10H,4-8H2,1-3H3/t9-,10+/m1/s1. The highest BCUT2D eigenvalue weighted by atomic mass is 32.2. The third kappa shape index (κ3) is 3.96. The van der Waals surface area contributed by atoms with E-state index in [-0.39, 0.29) is 29.6 Å². The summed E-state index contributed by atoms with van der Waals surface area (Å²) in [6.45, 7) is 3.98. The Bertz CT molecular complexity index is 360. The van der Waals surface area contributed by atoms with E-state index in [9.17, 15) is 13.2 Å². The normalized spacial score (nSPS) is 22.4. The second-order valence-electron chi connectivity index (χ2n) is 4.50. The molecule has 17 heavy (non-hydrogen) atoms. The van der Waals surface area contributed by atoms with Crippen molar-refractivity contribution in [2.45, 2.75) is 38.8 Å². The highest BCUT2D eigenvalue weighted by molar-refractivity contribution is 7.91. The van der Waals surface area contributed by atoms with Gasteiger partial charge in [-0.25, -0.2) is 8.42 Å². The number of rotatable bonds is 5. The van der Waals surface area contributed by atoms with Crippen LogP contribution in [0.2, 0.25) is 0 Å². The van der Waals surface area contributed by atoms with Crippen molar-refractivity contribution in [3.63, 3.8) is 0 Å². The Morgan fingerprint density at radius 1 is 1.53 bits per heavy atom. The van der Waals surface area contributed by atoms with Crippen molar-refractivity contribution >= 4 is 15.7 Å². The molecule has 5 nitrogen and oxygen atoms in total. The summed E-state index contributed by atoms with van der Waals surface area (Å²) < 4.78 is 28.3. The minimum atomic E-state index is -3.06. The molecule has 100 valence electrons. The van der Waals surface area contributed by atoms with Crippen LogP contribution in [-0.2, 0) is 19.4 Å². The van der Waals surface area contributed by atoms with Crippen molar-refractivity contribution < 1.29 is 17.9 Å². The van der Waals surface area contributed by atoms with Gasteiger partial charge in [0.25, 0.3) is 5.91 Å². The molecule has 0 N–H and O–H groups in total. The maximum Gasteiger partial charge on any atom is 0.251 e. The molecule has 1 aliphatic heterocycles. The van der Waals surface area contributed by atoms with Gasteiger partial charge in [0.1, 0.15) is 6.10 Å². The quantitative estimate of drug-likeness (QED) is 0.722. The average Bonchev–Trinajstić information content (AvgIpc) is 2.80. The fraction of sp³-hybridized carbons (Fsp3) is 0.909. The highest BCUT2D eigenvalue weighted by Gasteiger charge is 2.29. The lowest BCUT2D eigenvalue weighted by atomic mass is 10.2. The molecule has 1 rings (SSSR count). The van der Waals surface area contributed by atoms with Gasteiger partial charge in [-0.05, 0) is 19.8 Å². The van der Waals surface area contributed by atoms with E-state index in [0.717, 1.165) is 12.8 Å². The number of sulfone groups is 1. The number of ether oxygens (including phenoxy) is 1. The molecule has 1 aliphatic rings. The predicted octanol–water partition coefficient (Wildman–Crippen LogP) is 0.447. The van der Waals surface area contributed by atoms with Gasteiger partial charge in [-0.1, -0.05) is 6.92 Å². The van der Waals surface area contributed by atoms with Crippen LogP contribution in [0.15, 0.2) is 0 Å². The third-order valence-electron chi connectivity index (χ3n) is 3.15. The van der Waals surface area contributed by atoms with E-state index >= 15 is 0 Å². The predicted molar refractivity (Wildman–Crippen MR) is 65.5 cm³/mol. The fourth-order valence-corrected chi connectivity index (χ4v) is 3.01. The smallest absolute Gasteiger partial charge is 0.251 e. The minimum absolute atomic E-state index is 0.0124. The van der Waals surface area contributed by atoms with E-state index in [2.05, 4.69) is 0 Å². The Morgan fingerprint density at radius 3 is 2.65 bits per heavy atom. The lowest BCUT2D eigenvalue weighted by Crippen LogP contribution is -2.44. The Morgan fingerprint density at radius 2 is 2.18 bits per heavy atom. The van der Waals surface area contributed by atoms with E-state index in [1.165, 1.54) is 4.90 Å². The minimum Gasteiger partial charge on any atom is -0.368 e. The lowest BCUT2D eigenvalue weighted by molar-refractivity contribution is -0.141. The number of nitrogens with zero attached hydrogens (tertiary/aromatic N) is 1. The lowest BCUT2D eigenvalue weighted by Gasteiger charge is -2.26. The van der Waals surface area contributed by atoms with Crippen LogP contribution in [0.5, 0.6) is 0 Å². The molecule has 0 spiro atoms. The summed E-state index contributed by atoms with van der Waals surface area (Å²) in [5.41, 5.74) is 0. The van der Waals surface area contributed by atoms with Crippen molar-refractivity contribution in [3.8, 4) is 0 Å². The maximum atomic E-state index is 12.0. The molecule has 6 heteroatoms. The van der Waals surface area contributed by atoms with Crippen LogP contribution in [-0.4, -0.2) is 56.5 Å². The number of hydrogen-bond acceptors (Lipinski definition) is 4. The molecular formula is C11H21NO4S. The van der Waals surface area contributed by atoms with E-state index in [1.807, 2.05) is 0 Å². The first-order chi connectivity index (χ1) is 7.87. The molecule has 0 unspecified atom stereocenters. The van der Waals surface area contributed by atoms with Gasteiger partial charge in [0.15, 0.2) is 9.84 Å². The zero-order chi connectivity index (χ0) is 13.1. The molecule has 1 fully saturated rings. The average molecular weight is 263 g/mol. The van der Waals surface area contributed by atoms with Gasteiger partial charge >= 0.3 is 0 Å². The number of amides is 1. The monoisotopic (exact) mass is 263 g/mol. The van der Waals surface area contributed by atoms with Gasteiger partial charge in [-0.2, -0.15) is 0 Å². The van der Waals surface area contributed by atoms with E-state index < -0.39 is 9.84 Å². The van der Waals surface area contributed by atoms with Crippen molar-refractivity contribution in [3.05, 3.63) is 0 Å². The summed E-state index contributed by atoms with van der Waals surface area (Å²) in [4.78, 5) is 13.5. The van der Waals surface area contributed by atoms with Crippen LogP contribution in [0.4, 0.5) is 0 Å². The molecule has 0 aliphatic carbocycles. The Labute approximate surface area is 103 Å². The number of carbonyl (C=O) groups excluding carboxylic acids is 1. The summed E-state index contributed by atoms with van der Waals surface area (Å²) >= 11 is 0. The first kappa shape index (κ1) is 14.4. The molecule has 1 amide bonds. The van der Waals surface area contributed by atoms with Crippen LogP contribution >= 0.6 is 0 Å². The molecule has 0 radical (unpaired) electrons. The maximum absolute atomic E-state index is 12.0. The van der Waals surface area contributed by atoms with Gasteiger partial charge in [-0.15, -0.1) is 0 Å². The van der Waals surface area contributed by atoms with E-state index in [4.69, 9.17) is 4.74 Å². The number of carbonyl (C=O) groups is 1. The zero-order valence-electron chi connectivity index (χ0n) is 10.7. The molecule has 0 aromatic heterocycles. The molecule has 1 heterocycles. The first-order valence-corrected chi connectivity index (χ1v) is 7.78. The summed E-state index contributed by atoms with van der Waals surface area (Å²) in [5.74, 6) is 0.0129. The second kappa shape index (κ2) is 5.82. The summed E-state index contributed by atoms with van der Waals surface area (Å²) in [7, 11) is -1.42. The van der Waals surface area contributed by atoms with Gasteiger partial charge in [-0.3, -0.25) is 4.79 Å². The van der Waals surface area contributed by atoms with Gasteiger partial charge < -0.3 is 9.64 Å². The van der Waals surface area contributed by atoms with Crippen molar-refractivity contribution in [1.29, 1.82) is 0 Å². The molecule has 2 atom stereocenters. The fourth-order valence-electron chi connectivity index (χ4n) is 1.81. The largest absolute Gasteiger partial charge is 0.368 e. The van der Waals surface area contributed by atoms with Crippen LogP contribution < -0.4 is 0 Å². The van der Waals surface area contributed by atoms with Gasteiger partial charge in [0, 0.05) is 25.4 Å². The van der Waals surface area contributed by atoms with Crippen molar-refractivity contribution in [2.75, 3.05) is 25.2 Å². The molecule has 0 aromatic carbocycles. The third-order valence-corrected chi connectivity index (χ3v) is 5.02. The Kier molecular flexibility index (Phi) is 4.94. The van der Waals surface area contributed by atoms with Crippen molar-refractivity contribution in [1.82, 2.24) is 4.90 Å². The second-order valence-corrected chi connectivity index (χ2v) is 6.90. The van der Waals surface area contributed by atoms with Gasteiger partial charge in [0.2, 0.25) is 0 Å². The van der Waals surface area contributed by atoms with E-state index in [0.29, 0.717) is 6.61 Å². The molecule has 0 bridgehead atoms. The van der Waals surface area contributed by atoms with Crippen LogP contribution in [0.3, 0.4) is 0 Å². The number of likely N-dealkylation sites (N-methyl/N-ethyl adjacent to an activating group) is 1. The van der Waals surface area contributed by atoms with Crippen molar-refractivity contribution in [2.24, 2.45) is 0 Å². The topological polar surface area (TPSA) is 63.7 Å². The Hall–Kier alpha value is -0.620. The number of hydrogen-bond donors (Lipinski definition) is 0. The molecule has 1 saturated heterocycles. The summed E-state index contributed by atoms with van der Waals surface area (Å²) in [6, 6.07) is -0.309. The zero-order valence-corrected chi connectivity index (χ0v) is 11.5. The highest BCUT2D eigenvalue weighted by Crippen LogP contribution is 2.15. The van der Waals surface area contributed by atoms with Crippen LogP contribution in [0.25, 0.3) is 0 Å². The SMILES string of the molecule is CCS(=O)(=O)C[C@@H](C)N(C)C(=O)[C@@H]1CCCO1. The van der Waals surface area contributed by atoms with Crippen LogP contribution in [0.1, 0.15) is 26.7 Å².